The van der Waals surface area contributed by atoms with E-state index in [1.165, 1.54) is 20.8 Å². The molecule has 1 spiro atoms. The van der Waals surface area contributed by atoms with E-state index in [-0.39, 0.29) is 58.9 Å². The molecule has 0 aromatic heterocycles. The molecule has 6 heteroatoms. The highest BCUT2D eigenvalue weighted by Crippen LogP contribution is 2.73. The van der Waals surface area contributed by atoms with Crippen LogP contribution < -0.4 is 0 Å². The van der Waals surface area contributed by atoms with Gasteiger partial charge in [0.2, 0.25) is 0 Å². The molecule has 6 atom stereocenters. The molecule has 27 heavy (non-hydrogen) atoms. The summed E-state index contributed by atoms with van der Waals surface area (Å²) in [5, 5.41) is 0. The molecule has 0 aliphatic heterocycles. The van der Waals surface area contributed by atoms with Gasteiger partial charge in [-0.1, -0.05) is 20.8 Å². The van der Waals surface area contributed by atoms with E-state index in [0.717, 1.165) is 11.1 Å². The third-order valence-electron chi connectivity index (χ3n) is 7.36. The zero-order valence-corrected chi connectivity index (χ0v) is 17.3. The van der Waals surface area contributed by atoms with Crippen LogP contribution in [0.3, 0.4) is 0 Å². The quantitative estimate of drug-likeness (QED) is 0.426. The van der Waals surface area contributed by atoms with E-state index >= 15 is 0 Å². The molecule has 0 N–H and O–H groups in total. The first-order chi connectivity index (χ1) is 12.4. The number of rotatable bonds is 3. The molecule has 6 nitrogen and oxygen atoms in total. The fraction of sp³-hybridized carbons (Fsp3) is 0.762. The van der Waals surface area contributed by atoms with Gasteiger partial charge in [0.25, 0.3) is 0 Å². The molecule has 2 bridgehead atoms. The molecule has 6 unspecified atom stereocenters. The largest absolute Gasteiger partial charge is 0.462 e. The smallest absolute Gasteiger partial charge is 0.303 e. The normalized spacial score (nSPS) is 39.0. The maximum absolute atomic E-state index is 11.9. The lowest BCUT2D eigenvalue weighted by Gasteiger charge is -2.53. The van der Waals surface area contributed by atoms with Gasteiger partial charge < -0.3 is 14.2 Å². The van der Waals surface area contributed by atoms with Crippen LogP contribution in [0.4, 0.5) is 0 Å². The van der Waals surface area contributed by atoms with Crippen molar-refractivity contribution in [3.63, 3.8) is 0 Å². The van der Waals surface area contributed by atoms with Crippen LogP contribution in [-0.4, -0.2) is 36.2 Å². The Labute approximate surface area is 160 Å². The number of hydrogen-bond donors (Lipinski definition) is 0. The lowest BCUT2D eigenvalue weighted by molar-refractivity contribution is -0.169. The highest BCUT2D eigenvalue weighted by molar-refractivity contribution is 5.68. The minimum absolute atomic E-state index is 0.0266. The number of carbonyl (C=O) groups excluding carboxylic acids is 3. The van der Waals surface area contributed by atoms with Gasteiger partial charge in [0, 0.05) is 38.0 Å². The number of carbonyl (C=O) groups is 3. The molecule has 2 saturated carbocycles. The van der Waals surface area contributed by atoms with Crippen molar-refractivity contribution < 1.29 is 28.6 Å². The number of fused-ring (bicyclic) bond motifs is 1. The average Bonchev–Trinajstić information content (AvgIpc) is 2.84. The van der Waals surface area contributed by atoms with Crippen molar-refractivity contribution in [1.82, 2.24) is 0 Å². The molecular formula is C21H30O6. The second kappa shape index (κ2) is 6.35. The van der Waals surface area contributed by atoms with Gasteiger partial charge in [-0.2, -0.15) is 0 Å². The Morgan fingerprint density at radius 1 is 0.963 bits per heavy atom. The third-order valence-corrected chi connectivity index (χ3v) is 7.36. The van der Waals surface area contributed by atoms with Gasteiger partial charge in [-0.25, -0.2) is 0 Å². The third kappa shape index (κ3) is 2.71. The van der Waals surface area contributed by atoms with Crippen molar-refractivity contribution >= 4 is 17.9 Å². The Bertz CT molecular complexity index is 720. The molecule has 3 aliphatic rings. The second-order valence-corrected chi connectivity index (χ2v) is 8.90. The molecule has 0 radical (unpaired) electrons. The van der Waals surface area contributed by atoms with Gasteiger partial charge in [-0.15, -0.1) is 0 Å². The van der Waals surface area contributed by atoms with Crippen LogP contribution in [0.25, 0.3) is 0 Å². The van der Waals surface area contributed by atoms with E-state index in [1.54, 1.807) is 0 Å². The van der Waals surface area contributed by atoms with Gasteiger partial charge in [0.15, 0.2) is 0 Å². The SMILES string of the molecule is CC(=O)OC1CC23C(=C1C)C(OC(C)=O)C(CC(OC(C)=O)C2C)C3(C)C. The van der Waals surface area contributed by atoms with Crippen LogP contribution in [0.1, 0.15) is 61.3 Å². The minimum atomic E-state index is -0.374. The van der Waals surface area contributed by atoms with Crippen LogP contribution >= 0.6 is 0 Å². The maximum Gasteiger partial charge on any atom is 0.303 e. The van der Waals surface area contributed by atoms with Crippen molar-refractivity contribution in [3.8, 4) is 0 Å². The summed E-state index contributed by atoms with van der Waals surface area (Å²) in [4.78, 5) is 35.2. The molecular weight excluding hydrogens is 348 g/mol. The Hall–Kier alpha value is -1.85. The van der Waals surface area contributed by atoms with Crippen LogP contribution in [0.2, 0.25) is 0 Å². The summed E-state index contributed by atoms with van der Waals surface area (Å²) >= 11 is 0. The maximum atomic E-state index is 11.9. The highest BCUT2D eigenvalue weighted by Gasteiger charge is 2.72. The minimum Gasteiger partial charge on any atom is -0.462 e. The molecule has 0 aromatic carbocycles. The summed E-state index contributed by atoms with van der Waals surface area (Å²) in [6.07, 6.45) is 0.325. The fourth-order valence-electron chi connectivity index (χ4n) is 6.30. The Morgan fingerprint density at radius 2 is 1.52 bits per heavy atom. The molecule has 0 amide bonds. The molecule has 0 heterocycles. The van der Waals surface area contributed by atoms with Gasteiger partial charge in [-0.3, -0.25) is 14.4 Å². The van der Waals surface area contributed by atoms with E-state index < -0.39 is 0 Å². The Balaban J connectivity index is 2.15. The van der Waals surface area contributed by atoms with E-state index in [9.17, 15) is 14.4 Å². The van der Waals surface area contributed by atoms with Crippen LogP contribution in [-0.2, 0) is 28.6 Å². The first kappa shape index (κ1) is 19.9. The summed E-state index contributed by atoms with van der Waals surface area (Å²) < 4.78 is 17.1. The molecule has 150 valence electrons. The van der Waals surface area contributed by atoms with Crippen molar-refractivity contribution in [2.75, 3.05) is 0 Å². The average molecular weight is 378 g/mol. The summed E-state index contributed by atoms with van der Waals surface area (Å²) in [7, 11) is 0. The monoisotopic (exact) mass is 378 g/mol. The van der Waals surface area contributed by atoms with Gasteiger partial charge in [0.05, 0.1) is 0 Å². The summed E-state index contributed by atoms with van der Waals surface area (Å²) in [5.74, 6) is -0.881. The lowest BCUT2D eigenvalue weighted by atomic mass is 9.52. The predicted molar refractivity (Wildman–Crippen MR) is 97.5 cm³/mol. The highest BCUT2D eigenvalue weighted by atomic mass is 16.6. The second-order valence-electron chi connectivity index (χ2n) is 8.90. The Kier molecular flexibility index (Phi) is 4.68. The Morgan fingerprint density at radius 3 is 2.04 bits per heavy atom. The summed E-state index contributed by atoms with van der Waals surface area (Å²) in [5.41, 5.74) is 1.51. The number of hydrogen-bond acceptors (Lipinski definition) is 6. The standard InChI is InChI=1S/C21H30O6/c1-10-17(26-13(4)23)9-21-11(2)16(25-12(3)22)8-15(20(21,6)7)19(18(10)21)27-14(5)24/h11,15-17,19H,8-9H2,1-7H3. The van der Waals surface area contributed by atoms with Gasteiger partial charge in [0.1, 0.15) is 18.3 Å². The zero-order valence-electron chi connectivity index (χ0n) is 17.3. The molecule has 0 saturated heterocycles. The zero-order chi connectivity index (χ0) is 20.3. The van der Waals surface area contributed by atoms with E-state index in [1.807, 2.05) is 6.92 Å². The number of esters is 3. The molecule has 0 aromatic rings. The van der Waals surface area contributed by atoms with Crippen LogP contribution in [0, 0.1) is 22.7 Å². The van der Waals surface area contributed by atoms with Gasteiger partial charge in [-0.05, 0) is 36.3 Å². The summed E-state index contributed by atoms with van der Waals surface area (Å²) in [6, 6.07) is 0. The fourth-order valence-corrected chi connectivity index (χ4v) is 6.30. The molecule has 3 aliphatic carbocycles. The van der Waals surface area contributed by atoms with Gasteiger partial charge >= 0.3 is 17.9 Å². The van der Waals surface area contributed by atoms with Crippen LogP contribution in [0.5, 0.6) is 0 Å². The van der Waals surface area contributed by atoms with Crippen molar-refractivity contribution in [3.05, 3.63) is 11.1 Å². The van der Waals surface area contributed by atoms with Crippen molar-refractivity contribution in [2.24, 2.45) is 22.7 Å². The topological polar surface area (TPSA) is 78.9 Å². The molecule has 3 rings (SSSR count). The first-order valence-corrected chi connectivity index (χ1v) is 9.66. The van der Waals surface area contributed by atoms with E-state index in [2.05, 4.69) is 20.8 Å². The predicted octanol–water partition coefficient (Wildman–Crippen LogP) is 3.18. The van der Waals surface area contributed by atoms with Crippen LogP contribution in [0.15, 0.2) is 11.1 Å². The first-order valence-electron chi connectivity index (χ1n) is 9.66. The van der Waals surface area contributed by atoms with E-state index in [4.69, 9.17) is 14.2 Å². The van der Waals surface area contributed by atoms with Crippen molar-refractivity contribution in [2.45, 2.75) is 79.6 Å². The lowest BCUT2D eigenvalue weighted by Crippen LogP contribution is -2.52. The van der Waals surface area contributed by atoms with Crippen molar-refractivity contribution in [1.29, 1.82) is 0 Å². The molecule has 2 fully saturated rings. The summed E-state index contributed by atoms with van der Waals surface area (Å²) in [6.45, 7) is 12.7. The van der Waals surface area contributed by atoms with E-state index in [0.29, 0.717) is 12.8 Å². The number of ether oxygens (including phenoxy) is 3.